The molecular formula is C25H31F3N6O9S. The Labute approximate surface area is 250 Å². The van der Waals surface area contributed by atoms with Crippen LogP contribution >= 0.6 is 0 Å². The van der Waals surface area contributed by atoms with Gasteiger partial charge in [0, 0.05) is 51.3 Å². The van der Waals surface area contributed by atoms with Crippen molar-refractivity contribution in [1.82, 2.24) is 25.1 Å². The summed E-state index contributed by atoms with van der Waals surface area (Å²) >= 11 is 0. The first kappa shape index (κ1) is 35.7. The zero-order valence-electron chi connectivity index (χ0n) is 23.6. The molecule has 3 rings (SSSR count). The number of halogens is 3. The van der Waals surface area contributed by atoms with Gasteiger partial charge in [-0.3, -0.25) is 18.9 Å². The van der Waals surface area contributed by atoms with E-state index in [-0.39, 0.29) is 51.3 Å². The molecule has 0 bridgehead atoms. The Bertz CT molecular complexity index is 1420. The lowest BCUT2D eigenvalue weighted by atomic mass is 10.1. The van der Waals surface area contributed by atoms with Crippen molar-refractivity contribution < 1.29 is 55.2 Å². The minimum atomic E-state index is -5.84. The van der Waals surface area contributed by atoms with Crippen molar-refractivity contribution in [2.75, 3.05) is 45.2 Å². The molecule has 4 N–H and O–H groups in total. The second-order valence-electron chi connectivity index (χ2n) is 8.97. The molecule has 1 atom stereocenters. The molecule has 19 heteroatoms. The molecule has 2 heterocycles. The molecule has 0 radical (unpaired) electrons. The number of ether oxygens (including phenoxy) is 1. The molecule has 15 nitrogen and oxygen atoms in total. The Morgan fingerprint density at radius 3 is 2.11 bits per heavy atom. The Morgan fingerprint density at radius 1 is 1.05 bits per heavy atom. The van der Waals surface area contributed by atoms with Crippen LogP contribution < -0.4 is 10.6 Å². The largest absolute Gasteiger partial charge is 0.522 e. The van der Waals surface area contributed by atoms with Crippen molar-refractivity contribution in [3.05, 3.63) is 42.1 Å². The van der Waals surface area contributed by atoms with Crippen molar-refractivity contribution in [2.45, 2.75) is 31.3 Å². The number of piperazine rings is 1. The van der Waals surface area contributed by atoms with Gasteiger partial charge in [0.05, 0.1) is 6.61 Å². The maximum atomic E-state index is 13.2. The van der Waals surface area contributed by atoms with Gasteiger partial charge in [0.2, 0.25) is 5.91 Å². The van der Waals surface area contributed by atoms with E-state index < -0.39 is 45.5 Å². The molecule has 0 saturated carbocycles. The summed E-state index contributed by atoms with van der Waals surface area (Å²) in [5, 5.41) is 14.7. The van der Waals surface area contributed by atoms with Crippen LogP contribution in [0.3, 0.4) is 0 Å². The third-order valence-corrected chi connectivity index (χ3v) is 6.49. The van der Waals surface area contributed by atoms with Gasteiger partial charge in [0.1, 0.15) is 17.6 Å². The Kier molecular flexibility index (Phi) is 12.8. The fourth-order valence-electron chi connectivity index (χ4n) is 3.71. The minimum Gasteiger partial charge on any atom is -0.481 e. The van der Waals surface area contributed by atoms with Gasteiger partial charge < -0.3 is 30.3 Å². The predicted octanol–water partition coefficient (Wildman–Crippen LogP) is 1.84. The van der Waals surface area contributed by atoms with Crippen molar-refractivity contribution in [3.8, 4) is 11.4 Å². The van der Waals surface area contributed by atoms with Crippen LogP contribution in [0.4, 0.5) is 23.8 Å². The summed E-state index contributed by atoms with van der Waals surface area (Å²) in [7, 11) is -4.18. The molecule has 44 heavy (non-hydrogen) atoms. The molecule has 242 valence electrons. The normalized spacial score (nSPS) is 14.0. The molecule has 1 aromatic carbocycles. The summed E-state index contributed by atoms with van der Waals surface area (Å²) in [4.78, 5) is 61.3. The van der Waals surface area contributed by atoms with Crippen LogP contribution in [0.5, 0.6) is 0 Å². The summed E-state index contributed by atoms with van der Waals surface area (Å²) < 4.78 is 62.5. The lowest BCUT2D eigenvalue weighted by Crippen LogP contribution is -2.56. The highest BCUT2D eigenvalue weighted by Gasteiger charge is 2.44. The van der Waals surface area contributed by atoms with Crippen LogP contribution in [-0.4, -0.2) is 113 Å². The van der Waals surface area contributed by atoms with E-state index in [1.54, 1.807) is 14.0 Å². The number of nitrogens with zero attached hydrogens (tertiary/aromatic N) is 4. The van der Waals surface area contributed by atoms with E-state index in [1.807, 2.05) is 30.3 Å². The monoisotopic (exact) mass is 648 g/mol. The number of aliphatic carboxylic acids is 1. The van der Waals surface area contributed by atoms with E-state index >= 15 is 0 Å². The fraction of sp³-hybridized carbons (Fsp3) is 0.440. The summed E-state index contributed by atoms with van der Waals surface area (Å²) in [5.74, 6) is -1.38. The number of nitrogens with one attached hydrogen (secondary N) is 2. The third kappa shape index (κ3) is 10.6. The predicted molar refractivity (Wildman–Crippen MR) is 148 cm³/mol. The van der Waals surface area contributed by atoms with Crippen LogP contribution in [0.15, 0.2) is 36.4 Å². The number of alkyl halides is 3. The van der Waals surface area contributed by atoms with Crippen LogP contribution in [0, 0.1) is 0 Å². The molecule has 1 fully saturated rings. The molecule has 0 aliphatic carbocycles. The summed E-state index contributed by atoms with van der Waals surface area (Å²) in [5.41, 5.74) is -4.79. The van der Waals surface area contributed by atoms with E-state index in [0.29, 0.717) is 17.2 Å². The van der Waals surface area contributed by atoms with Gasteiger partial charge in [0.25, 0.3) is 5.91 Å². The topological polar surface area (TPSA) is 208 Å². The Balaban J connectivity index is 0.000000742. The van der Waals surface area contributed by atoms with Crippen molar-refractivity contribution in [2.24, 2.45) is 0 Å². The van der Waals surface area contributed by atoms with Crippen LogP contribution in [-0.2, 0) is 24.4 Å². The fourth-order valence-corrected chi connectivity index (χ4v) is 3.71. The maximum absolute atomic E-state index is 13.2. The molecule has 3 amide bonds. The molecule has 0 spiro atoms. The second-order valence-corrected chi connectivity index (χ2v) is 10.4. The highest BCUT2D eigenvalue weighted by atomic mass is 32.2. The highest BCUT2D eigenvalue weighted by molar-refractivity contribution is 7.86. The average molecular weight is 649 g/mol. The molecule has 1 unspecified atom stereocenters. The average Bonchev–Trinajstić information content (AvgIpc) is 2.98. The number of hydrogen-bond donors (Lipinski definition) is 4. The number of hydrogen-bond acceptors (Lipinski definition) is 10. The van der Waals surface area contributed by atoms with E-state index in [1.165, 1.54) is 15.9 Å². The zero-order chi connectivity index (χ0) is 33.1. The number of carboxylic acid groups (broad SMARTS) is 1. The maximum Gasteiger partial charge on any atom is 0.522 e. The SMILES string of the molecule is CCOC(=O)N1CCN(C(=O)C(CCC(=O)O)NC(=O)c2cc(NC)nc(-c3ccccc3)n2)CC1.O=S(=O)(O)C(F)(F)F. The van der Waals surface area contributed by atoms with E-state index in [0.717, 1.165) is 0 Å². The van der Waals surface area contributed by atoms with Crippen LogP contribution in [0.2, 0.25) is 0 Å². The summed E-state index contributed by atoms with van der Waals surface area (Å²) in [6.07, 6.45) is -0.841. The summed E-state index contributed by atoms with van der Waals surface area (Å²) in [6, 6.07) is 9.51. The third-order valence-electron chi connectivity index (χ3n) is 5.91. The first-order chi connectivity index (χ1) is 20.6. The number of rotatable bonds is 9. The van der Waals surface area contributed by atoms with E-state index in [9.17, 15) is 32.3 Å². The number of aromatic nitrogens is 2. The smallest absolute Gasteiger partial charge is 0.481 e. The van der Waals surface area contributed by atoms with Crippen molar-refractivity contribution in [3.63, 3.8) is 0 Å². The van der Waals surface area contributed by atoms with Gasteiger partial charge in [-0.2, -0.15) is 21.6 Å². The van der Waals surface area contributed by atoms with Gasteiger partial charge in [-0.1, -0.05) is 30.3 Å². The number of carboxylic acids is 1. The minimum absolute atomic E-state index is 0.0356. The second kappa shape index (κ2) is 15.8. The Hall–Kier alpha value is -4.52. The lowest BCUT2D eigenvalue weighted by molar-refractivity contribution is -0.138. The first-order valence-electron chi connectivity index (χ1n) is 13.0. The molecular weight excluding hydrogens is 617 g/mol. The van der Waals surface area contributed by atoms with Gasteiger partial charge >= 0.3 is 27.7 Å². The molecule has 1 aromatic heterocycles. The van der Waals surface area contributed by atoms with E-state index in [2.05, 4.69) is 20.6 Å². The number of benzene rings is 1. The van der Waals surface area contributed by atoms with Gasteiger partial charge in [-0.15, -0.1) is 0 Å². The standard InChI is InChI=1S/C24H30N6O6.CHF3O3S/c1-3-36-24(35)30-13-11-29(12-14-30)23(34)17(9-10-20(31)32)27-22(33)18-15-19(25-2)28-21(26-18)16-7-5-4-6-8-16;2-1(3,4)8(5,6)7/h4-8,15,17H,3,9-14H2,1-2H3,(H,27,33)(H,31,32)(H,25,26,28);(H,5,6,7). The van der Waals surface area contributed by atoms with Crippen LogP contribution in [0.25, 0.3) is 11.4 Å². The first-order valence-corrected chi connectivity index (χ1v) is 14.4. The number of carbonyl (C=O) groups excluding carboxylic acids is 3. The van der Waals surface area contributed by atoms with Gasteiger partial charge in [-0.05, 0) is 13.3 Å². The quantitative estimate of drug-likeness (QED) is 0.227. The van der Waals surface area contributed by atoms with Crippen LogP contribution in [0.1, 0.15) is 30.3 Å². The molecule has 1 aliphatic heterocycles. The van der Waals surface area contributed by atoms with Gasteiger partial charge in [-0.25, -0.2) is 14.8 Å². The zero-order valence-corrected chi connectivity index (χ0v) is 24.4. The Morgan fingerprint density at radius 2 is 1.61 bits per heavy atom. The van der Waals surface area contributed by atoms with Crippen molar-refractivity contribution >= 4 is 39.8 Å². The van der Waals surface area contributed by atoms with Crippen molar-refractivity contribution in [1.29, 1.82) is 0 Å². The molecule has 2 aromatic rings. The molecule has 1 aliphatic rings. The number of carbonyl (C=O) groups is 4. The highest BCUT2D eigenvalue weighted by Crippen LogP contribution is 2.21. The number of amides is 3. The number of anilines is 1. The van der Waals surface area contributed by atoms with Gasteiger partial charge in [0.15, 0.2) is 5.82 Å². The lowest BCUT2D eigenvalue weighted by Gasteiger charge is -2.35. The summed E-state index contributed by atoms with van der Waals surface area (Å²) in [6.45, 7) is 3.02. The molecule has 1 saturated heterocycles. The van der Waals surface area contributed by atoms with E-state index in [4.69, 9.17) is 22.8 Å².